The van der Waals surface area contributed by atoms with Crippen LogP contribution in [0.2, 0.25) is 38.3 Å². The summed E-state index contributed by atoms with van der Waals surface area (Å²) in [6.45, 7) is 37.8. The van der Waals surface area contributed by atoms with Crippen LogP contribution in [0.15, 0.2) is 34.3 Å². The summed E-state index contributed by atoms with van der Waals surface area (Å²) in [5.74, 6) is 0.744. The molecule has 0 aromatic heterocycles. The minimum absolute atomic E-state index is 0. The van der Waals surface area contributed by atoms with E-state index in [4.69, 9.17) is 9.98 Å². The molecule has 1 fully saturated rings. The molecule has 1 aliphatic carbocycles. The number of phenolic OH excluding ortho intramolecular Hbond substituents is 2. The fourth-order valence-corrected chi connectivity index (χ4v) is 14.2. The van der Waals surface area contributed by atoms with Crippen molar-refractivity contribution in [2.75, 3.05) is 26.2 Å². The van der Waals surface area contributed by atoms with Gasteiger partial charge in [0.15, 0.2) is 0 Å². The maximum atomic E-state index is 11.8. The van der Waals surface area contributed by atoms with Crippen LogP contribution in [0.3, 0.4) is 0 Å². The Morgan fingerprint density at radius 2 is 0.903 bits per heavy atom. The number of quaternary nitrogens is 1. The van der Waals surface area contributed by atoms with Crippen LogP contribution in [-0.2, 0) is 27.6 Å². The third kappa shape index (κ3) is 17.9. The third-order valence-electron chi connectivity index (χ3n) is 13.5. The van der Waals surface area contributed by atoms with E-state index >= 15 is 0 Å². The van der Waals surface area contributed by atoms with Gasteiger partial charge < -0.3 is 29.5 Å². The van der Waals surface area contributed by atoms with Crippen molar-refractivity contribution in [1.82, 2.24) is 0 Å². The van der Waals surface area contributed by atoms with Gasteiger partial charge in [-0.15, -0.1) is 0 Å². The van der Waals surface area contributed by atoms with Gasteiger partial charge in [0.1, 0.15) is 11.5 Å². The Kier molecular flexibility index (Phi) is 27.8. The molecule has 1 saturated carbocycles. The molecule has 0 aliphatic heterocycles. The van der Waals surface area contributed by atoms with Gasteiger partial charge in [-0.05, 0) is 66.5 Å². The first kappa shape index (κ1) is 62.4. The van der Waals surface area contributed by atoms with E-state index in [2.05, 4.69) is 120 Å². The summed E-state index contributed by atoms with van der Waals surface area (Å²) in [7, 11) is -3.54. The molecule has 0 amide bonds. The second kappa shape index (κ2) is 27.7. The van der Waals surface area contributed by atoms with Crippen LogP contribution in [0.5, 0.6) is 11.5 Å². The van der Waals surface area contributed by atoms with E-state index in [-0.39, 0.29) is 62.0 Å². The number of rotatable bonds is 22. The molecule has 2 atom stereocenters. The maximum absolute atomic E-state index is 11.8. The van der Waals surface area contributed by atoms with Gasteiger partial charge in [-0.2, -0.15) is 0 Å². The molecule has 361 valence electrons. The smallest absolute Gasteiger partial charge is 0.128 e. The Labute approximate surface area is 398 Å². The van der Waals surface area contributed by atoms with Crippen molar-refractivity contribution in [3.63, 3.8) is 0 Å². The molecule has 2 unspecified atom stereocenters. The number of aliphatic imine (C=N–C) groups is 2. The molecule has 0 spiro atoms. The van der Waals surface area contributed by atoms with Crippen molar-refractivity contribution in [3.8, 4) is 11.5 Å². The number of aromatic hydroxyl groups is 2. The summed E-state index contributed by atoms with van der Waals surface area (Å²) < 4.78 is 1.30. The summed E-state index contributed by atoms with van der Waals surface area (Å²) in [6, 6.07) is 11.7. The number of unbranched alkanes of at least 4 members (excludes halogenated alkanes) is 4. The van der Waals surface area contributed by atoms with Gasteiger partial charge in [-0.1, -0.05) is 188 Å². The Bertz CT molecular complexity index is 1620. The van der Waals surface area contributed by atoms with Crippen molar-refractivity contribution in [2.45, 2.75) is 221 Å². The molecule has 3 rings (SSSR count). The van der Waals surface area contributed by atoms with Gasteiger partial charge in [0.2, 0.25) is 0 Å². The quantitative estimate of drug-likeness (QED) is 0.0535. The van der Waals surface area contributed by atoms with Gasteiger partial charge in [-0.25, -0.2) is 0 Å². The SMILES string of the molecule is C.CCCC[N+](CCCC)(CCCC)CCC[Si](C)(C)c1cc(C=NC2CCCCC2N=Cc2cc([Si](C)(C)CCCC)cc(C(C)(C)C)c2O)c(O)c(C(C)(C)C)c1.[CH3-].[CH3-].[Co]. The van der Waals surface area contributed by atoms with Crippen molar-refractivity contribution in [2.24, 2.45) is 9.98 Å². The molecule has 2 N–H and O–H groups in total. The Hall–Kier alpha value is -1.72. The Balaban J connectivity index is 0. The van der Waals surface area contributed by atoms with Crippen molar-refractivity contribution >= 4 is 39.0 Å². The number of benzene rings is 2. The maximum Gasteiger partial charge on any atom is 0.128 e. The van der Waals surface area contributed by atoms with Crippen LogP contribution in [0.25, 0.3) is 0 Å². The molecule has 5 nitrogen and oxygen atoms in total. The van der Waals surface area contributed by atoms with E-state index in [1.54, 1.807) is 0 Å². The van der Waals surface area contributed by atoms with Crippen LogP contribution in [0, 0.1) is 14.9 Å². The molecule has 1 radical (unpaired) electrons. The average Bonchev–Trinajstić information content (AvgIpc) is 3.15. The Morgan fingerprint density at radius 3 is 1.23 bits per heavy atom. The molecule has 0 heterocycles. The molecule has 0 saturated heterocycles. The van der Waals surface area contributed by atoms with E-state index in [1.165, 1.54) is 111 Å². The fraction of sp³-hybridized carbons (Fsp3) is 0.704. The zero-order valence-corrected chi connectivity index (χ0v) is 45.7. The molecule has 1 aliphatic rings. The largest absolute Gasteiger partial charge is 0.507 e. The molecule has 62 heavy (non-hydrogen) atoms. The van der Waals surface area contributed by atoms with Gasteiger partial charge in [0.25, 0.3) is 0 Å². The summed E-state index contributed by atoms with van der Waals surface area (Å²) in [6.07, 6.45) is 19.7. The van der Waals surface area contributed by atoms with Crippen LogP contribution in [-0.4, -0.2) is 81.5 Å². The molecule has 2 aromatic carbocycles. The number of hydrogen-bond donors (Lipinski definition) is 2. The van der Waals surface area contributed by atoms with E-state index in [1.807, 2.05) is 12.4 Å². The van der Waals surface area contributed by atoms with Crippen molar-refractivity contribution < 1.29 is 31.5 Å². The summed E-state index contributed by atoms with van der Waals surface area (Å²) in [4.78, 5) is 10.5. The predicted octanol–water partition coefficient (Wildman–Crippen LogP) is 14.3. The van der Waals surface area contributed by atoms with Crippen LogP contribution < -0.4 is 10.4 Å². The Morgan fingerprint density at radius 1 is 0.581 bits per heavy atom. The van der Waals surface area contributed by atoms with E-state index in [0.29, 0.717) is 11.5 Å². The topological polar surface area (TPSA) is 65.2 Å². The number of nitrogens with zero attached hydrogens (tertiary/aromatic N) is 3. The van der Waals surface area contributed by atoms with Gasteiger partial charge in [0, 0.05) is 40.3 Å². The van der Waals surface area contributed by atoms with E-state index in [0.717, 1.165) is 47.9 Å². The zero-order valence-electron chi connectivity index (χ0n) is 42.6. The molecular formula is C54H100CoN3O2Si2-. The third-order valence-corrected chi connectivity index (χ3v) is 20.4. The normalized spacial score (nSPS) is 16.4. The molecular weight excluding hydrogens is 838 g/mol. The van der Waals surface area contributed by atoms with Crippen LogP contribution in [0.4, 0.5) is 0 Å². The van der Waals surface area contributed by atoms with Crippen molar-refractivity contribution in [3.05, 3.63) is 61.4 Å². The average molecular weight is 939 g/mol. The number of phenols is 2. The molecule has 2 aromatic rings. The van der Waals surface area contributed by atoms with Crippen LogP contribution >= 0.6 is 0 Å². The standard InChI is InChI=1S/C51H89N3O2Si2.CH4.2CH3.Co/c1-15-19-28-54(29-20-16-2,30-21-17-3)31-25-33-58(13,14)43-35-41(49(56)45(37-43)51(8,9)10)39-53-47-27-24-23-26-46(47)52-38-40-34-42(57(11,12)32-22-18-4)36-44(48(40)55)50(5,6)7;;;;/h34-39,46-47H,15-33H2,1-14H3,(H-,52,53,55,56);1H4;2*1H3;/q;;2*-1;/p+1. The number of hydrogen-bond acceptors (Lipinski definition) is 4. The van der Waals surface area contributed by atoms with Gasteiger partial charge >= 0.3 is 0 Å². The van der Waals surface area contributed by atoms with E-state index in [9.17, 15) is 10.2 Å². The summed E-state index contributed by atoms with van der Waals surface area (Å²) >= 11 is 0. The molecule has 0 bridgehead atoms. The van der Waals surface area contributed by atoms with E-state index < -0.39 is 16.1 Å². The first-order valence-corrected chi connectivity index (χ1v) is 30.2. The zero-order chi connectivity index (χ0) is 43.4. The second-order valence-corrected chi connectivity index (χ2v) is 31.4. The van der Waals surface area contributed by atoms with Gasteiger partial charge in [-0.3, -0.25) is 9.98 Å². The predicted molar refractivity (Wildman–Crippen MR) is 282 cm³/mol. The molecule has 8 heteroatoms. The monoisotopic (exact) mass is 938 g/mol. The summed E-state index contributed by atoms with van der Waals surface area (Å²) in [5.41, 5.74) is 3.39. The first-order chi connectivity index (χ1) is 27.1. The minimum atomic E-state index is -1.85. The minimum Gasteiger partial charge on any atom is -0.507 e. The van der Waals surface area contributed by atoms with Crippen molar-refractivity contribution in [1.29, 1.82) is 0 Å². The fourth-order valence-electron chi connectivity index (χ4n) is 9.14. The van der Waals surface area contributed by atoms with Gasteiger partial charge in [0.05, 0.1) is 54.4 Å². The van der Waals surface area contributed by atoms with Crippen LogP contribution in [0.1, 0.15) is 182 Å². The first-order valence-electron chi connectivity index (χ1n) is 23.8. The second-order valence-electron chi connectivity index (χ2n) is 21.7. The summed E-state index contributed by atoms with van der Waals surface area (Å²) in [5, 5.41) is 26.3.